The molecule has 1 atom stereocenters. The molecule has 102 valence electrons. The minimum atomic E-state index is 0.374. The van der Waals surface area contributed by atoms with Crippen molar-refractivity contribution in [2.24, 2.45) is 4.99 Å². The SMILES string of the molecule is Cc1cnccc1CN=C1NC(c2ccccc2)CS1. The lowest BCUT2D eigenvalue weighted by Crippen LogP contribution is -2.19. The van der Waals surface area contributed by atoms with Gasteiger partial charge in [0.15, 0.2) is 5.17 Å². The molecule has 0 radical (unpaired) electrons. The highest BCUT2D eigenvalue weighted by atomic mass is 32.2. The van der Waals surface area contributed by atoms with Crippen molar-refractivity contribution in [3.05, 3.63) is 65.5 Å². The molecule has 4 heteroatoms. The number of pyridine rings is 1. The van der Waals surface area contributed by atoms with E-state index in [0.717, 1.165) is 10.9 Å². The van der Waals surface area contributed by atoms with Gasteiger partial charge in [-0.1, -0.05) is 42.1 Å². The molecule has 20 heavy (non-hydrogen) atoms. The predicted molar refractivity (Wildman–Crippen MR) is 84.9 cm³/mol. The molecule has 1 aromatic heterocycles. The molecule has 2 heterocycles. The Labute approximate surface area is 123 Å². The van der Waals surface area contributed by atoms with Gasteiger partial charge in [0.05, 0.1) is 12.6 Å². The molecule has 0 aliphatic carbocycles. The Morgan fingerprint density at radius 3 is 2.95 bits per heavy atom. The van der Waals surface area contributed by atoms with Crippen LogP contribution in [0, 0.1) is 6.92 Å². The Morgan fingerprint density at radius 1 is 1.30 bits per heavy atom. The van der Waals surface area contributed by atoms with Gasteiger partial charge in [-0.05, 0) is 29.7 Å². The molecule has 0 saturated carbocycles. The van der Waals surface area contributed by atoms with E-state index in [-0.39, 0.29) is 0 Å². The van der Waals surface area contributed by atoms with E-state index in [4.69, 9.17) is 0 Å². The van der Waals surface area contributed by atoms with Crippen molar-refractivity contribution in [3.8, 4) is 0 Å². The topological polar surface area (TPSA) is 37.3 Å². The second-order valence-corrected chi connectivity index (χ2v) is 5.85. The zero-order chi connectivity index (χ0) is 13.8. The molecule has 1 saturated heterocycles. The van der Waals surface area contributed by atoms with Crippen molar-refractivity contribution >= 4 is 16.9 Å². The summed E-state index contributed by atoms with van der Waals surface area (Å²) in [6.45, 7) is 2.79. The number of benzene rings is 1. The van der Waals surface area contributed by atoms with Crippen LogP contribution in [0.25, 0.3) is 0 Å². The predicted octanol–water partition coefficient (Wildman–Crippen LogP) is 3.32. The van der Waals surface area contributed by atoms with Gasteiger partial charge in [0, 0.05) is 18.1 Å². The highest BCUT2D eigenvalue weighted by Gasteiger charge is 2.21. The maximum Gasteiger partial charge on any atom is 0.157 e. The second kappa shape index (κ2) is 6.09. The molecule has 2 aromatic rings. The smallest absolute Gasteiger partial charge is 0.157 e. The largest absolute Gasteiger partial charge is 0.357 e. The van der Waals surface area contributed by atoms with Crippen molar-refractivity contribution < 1.29 is 0 Å². The first kappa shape index (κ1) is 13.2. The van der Waals surface area contributed by atoms with Gasteiger partial charge in [-0.25, -0.2) is 0 Å². The minimum absolute atomic E-state index is 0.374. The lowest BCUT2D eigenvalue weighted by molar-refractivity contribution is 0.748. The first-order valence-electron chi connectivity index (χ1n) is 6.71. The summed E-state index contributed by atoms with van der Waals surface area (Å²) in [5.41, 5.74) is 3.75. The molecule has 1 unspecified atom stereocenters. The standard InChI is InChI=1S/C16H17N3S/c1-12-9-17-8-7-14(12)10-18-16-19-15(11-20-16)13-5-3-2-4-6-13/h2-9,15H,10-11H2,1H3,(H,18,19). The Hall–Kier alpha value is -1.81. The minimum Gasteiger partial charge on any atom is -0.357 e. The van der Waals surface area contributed by atoms with Crippen LogP contribution in [-0.2, 0) is 6.54 Å². The normalized spacial score (nSPS) is 20.1. The highest BCUT2D eigenvalue weighted by molar-refractivity contribution is 8.14. The van der Waals surface area contributed by atoms with Crippen molar-refractivity contribution in [2.45, 2.75) is 19.5 Å². The summed E-state index contributed by atoms with van der Waals surface area (Å²) >= 11 is 1.79. The first-order chi connectivity index (χ1) is 9.83. The lowest BCUT2D eigenvalue weighted by Gasteiger charge is -2.09. The van der Waals surface area contributed by atoms with Crippen molar-refractivity contribution in [2.75, 3.05) is 5.75 Å². The van der Waals surface area contributed by atoms with Crippen LogP contribution in [-0.4, -0.2) is 15.9 Å². The van der Waals surface area contributed by atoms with Gasteiger partial charge in [0.1, 0.15) is 0 Å². The fraction of sp³-hybridized carbons (Fsp3) is 0.250. The number of hydrogen-bond acceptors (Lipinski definition) is 3. The van der Waals surface area contributed by atoms with E-state index < -0.39 is 0 Å². The van der Waals surface area contributed by atoms with Gasteiger partial charge >= 0.3 is 0 Å². The number of hydrogen-bond donors (Lipinski definition) is 1. The first-order valence-corrected chi connectivity index (χ1v) is 7.70. The number of aliphatic imine (C=N–C) groups is 1. The molecule has 1 fully saturated rings. The summed E-state index contributed by atoms with van der Waals surface area (Å²) in [6, 6.07) is 12.9. The number of amidine groups is 1. The van der Waals surface area contributed by atoms with Crippen molar-refractivity contribution in [3.63, 3.8) is 0 Å². The van der Waals surface area contributed by atoms with Crippen LogP contribution in [0.15, 0.2) is 53.8 Å². The third-order valence-electron chi connectivity index (χ3n) is 3.42. The Bertz CT molecular complexity index is 610. The van der Waals surface area contributed by atoms with Crippen LogP contribution in [0.3, 0.4) is 0 Å². The second-order valence-electron chi connectivity index (χ2n) is 4.84. The summed E-state index contributed by atoms with van der Waals surface area (Å²) < 4.78 is 0. The number of rotatable bonds is 3. The average molecular weight is 283 g/mol. The van der Waals surface area contributed by atoms with E-state index in [1.807, 2.05) is 24.5 Å². The van der Waals surface area contributed by atoms with Crippen LogP contribution in [0.5, 0.6) is 0 Å². The third-order valence-corrected chi connectivity index (χ3v) is 4.44. The van der Waals surface area contributed by atoms with E-state index >= 15 is 0 Å². The molecule has 0 amide bonds. The van der Waals surface area contributed by atoms with E-state index in [1.165, 1.54) is 16.7 Å². The number of thioether (sulfide) groups is 1. The summed E-state index contributed by atoms with van der Waals surface area (Å²) in [6.07, 6.45) is 3.71. The van der Waals surface area contributed by atoms with Crippen LogP contribution in [0.4, 0.5) is 0 Å². The summed E-state index contributed by atoms with van der Waals surface area (Å²) in [5, 5.41) is 4.53. The van der Waals surface area contributed by atoms with Crippen molar-refractivity contribution in [1.29, 1.82) is 0 Å². The van der Waals surface area contributed by atoms with Crippen LogP contribution >= 0.6 is 11.8 Å². The van der Waals surface area contributed by atoms with E-state index in [2.05, 4.69) is 46.5 Å². The zero-order valence-corrected chi connectivity index (χ0v) is 12.2. The number of nitrogens with one attached hydrogen (secondary N) is 1. The molecule has 1 aliphatic rings. The van der Waals surface area contributed by atoms with Crippen molar-refractivity contribution in [1.82, 2.24) is 10.3 Å². The Kier molecular flexibility index (Phi) is 4.02. The van der Waals surface area contributed by atoms with Gasteiger partial charge in [0.25, 0.3) is 0 Å². The summed E-state index contributed by atoms with van der Waals surface area (Å²) in [7, 11) is 0. The van der Waals surface area contributed by atoms with Gasteiger partial charge in [-0.3, -0.25) is 9.98 Å². The van der Waals surface area contributed by atoms with E-state index in [1.54, 1.807) is 11.8 Å². The quantitative estimate of drug-likeness (QED) is 0.939. The molecule has 3 rings (SSSR count). The molecule has 3 nitrogen and oxygen atoms in total. The summed E-state index contributed by atoms with van der Waals surface area (Å²) in [5.74, 6) is 1.04. The highest BCUT2D eigenvalue weighted by Crippen LogP contribution is 2.26. The molecule has 0 spiro atoms. The zero-order valence-electron chi connectivity index (χ0n) is 11.4. The number of aryl methyl sites for hydroxylation is 1. The maximum absolute atomic E-state index is 4.67. The maximum atomic E-state index is 4.67. The van der Waals surface area contributed by atoms with E-state index in [9.17, 15) is 0 Å². The molecular weight excluding hydrogens is 266 g/mol. The number of aromatic nitrogens is 1. The number of nitrogens with zero attached hydrogens (tertiary/aromatic N) is 2. The van der Waals surface area contributed by atoms with Crippen LogP contribution < -0.4 is 5.32 Å². The molecule has 1 aromatic carbocycles. The van der Waals surface area contributed by atoms with Gasteiger partial charge < -0.3 is 5.32 Å². The van der Waals surface area contributed by atoms with Gasteiger partial charge in [-0.15, -0.1) is 0 Å². The third kappa shape index (κ3) is 3.02. The monoisotopic (exact) mass is 283 g/mol. The molecule has 1 aliphatic heterocycles. The molecule has 0 bridgehead atoms. The Balaban J connectivity index is 1.66. The van der Waals surface area contributed by atoms with Crippen LogP contribution in [0.1, 0.15) is 22.7 Å². The lowest BCUT2D eigenvalue weighted by atomic mass is 10.1. The Morgan fingerprint density at radius 2 is 2.15 bits per heavy atom. The molecule has 1 N–H and O–H groups in total. The van der Waals surface area contributed by atoms with Gasteiger partial charge in [-0.2, -0.15) is 0 Å². The molecular formula is C16H17N3S. The summed E-state index contributed by atoms with van der Waals surface area (Å²) in [4.78, 5) is 8.78. The fourth-order valence-corrected chi connectivity index (χ4v) is 3.17. The van der Waals surface area contributed by atoms with E-state index in [0.29, 0.717) is 12.6 Å². The van der Waals surface area contributed by atoms with Crippen LogP contribution in [0.2, 0.25) is 0 Å². The van der Waals surface area contributed by atoms with Gasteiger partial charge in [0.2, 0.25) is 0 Å². The fourth-order valence-electron chi connectivity index (χ4n) is 2.19. The average Bonchev–Trinajstić information content (AvgIpc) is 2.96.